The third-order valence-electron chi connectivity index (χ3n) is 3.32. The van der Waals surface area contributed by atoms with E-state index >= 15 is 0 Å². The van der Waals surface area contributed by atoms with E-state index in [1.165, 1.54) is 0 Å². The van der Waals surface area contributed by atoms with Gasteiger partial charge in [0.25, 0.3) is 0 Å². The van der Waals surface area contributed by atoms with Gasteiger partial charge in [0.15, 0.2) is 0 Å². The Morgan fingerprint density at radius 1 is 1.09 bits per heavy atom. The van der Waals surface area contributed by atoms with Gasteiger partial charge in [-0.3, -0.25) is 4.79 Å². The lowest BCUT2D eigenvalue weighted by molar-refractivity contribution is -0.124. The van der Waals surface area contributed by atoms with Crippen LogP contribution in [0.2, 0.25) is 0 Å². The van der Waals surface area contributed by atoms with Crippen LogP contribution in [-0.4, -0.2) is 20.4 Å². The smallest absolute Gasteiger partial charge is 0.223 e. The summed E-state index contributed by atoms with van der Waals surface area (Å²) in [7, 11) is -3.31. The molecule has 0 bridgehead atoms. The highest BCUT2D eigenvalue weighted by molar-refractivity contribution is 7.88. The molecule has 0 aliphatic heterocycles. The largest absolute Gasteiger partial charge is 0.352 e. The van der Waals surface area contributed by atoms with Crippen molar-refractivity contribution in [3.8, 4) is 0 Å². The van der Waals surface area contributed by atoms with Crippen molar-refractivity contribution in [3.63, 3.8) is 0 Å². The molecule has 1 aromatic carbocycles. The average Bonchev–Trinajstić information content (AvgIpc) is 2.43. The summed E-state index contributed by atoms with van der Waals surface area (Å²) in [6.45, 7) is 7.91. The molecule has 0 aliphatic rings. The average molecular weight is 326 g/mol. The van der Waals surface area contributed by atoms with Gasteiger partial charge in [-0.25, -0.2) is 13.1 Å². The van der Waals surface area contributed by atoms with Crippen LogP contribution >= 0.6 is 0 Å². The molecule has 124 valence electrons. The maximum Gasteiger partial charge on any atom is 0.223 e. The van der Waals surface area contributed by atoms with Gasteiger partial charge in [-0.1, -0.05) is 38.1 Å². The number of amides is 1. The second-order valence-electron chi connectivity index (χ2n) is 5.88. The molecule has 0 saturated heterocycles. The third-order valence-corrected chi connectivity index (χ3v) is 4.87. The van der Waals surface area contributed by atoms with E-state index in [1.807, 2.05) is 26.0 Å². The molecule has 0 saturated carbocycles. The van der Waals surface area contributed by atoms with Gasteiger partial charge in [0.05, 0.1) is 5.75 Å². The number of carbonyl (C=O) groups is 1. The van der Waals surface area contributed by atoms with Crippen molar-refractivity contribution in [2.24, 2.45) is 5.92 Å². The third kappa shape index (κ3) is 6.58. The Morgan fingerprint density at radius 3 is 2.14 bits per heavy atom. The number of benzene rings is 1. The summed E-state index contributed by atoms with van der Waals surface area (Å²) in [6.07, 6.45) is 0.811. The molecule has 6 heteroatoms. The molecule has 0 aliphatic carbocycles. The highest BCUT2D eigenvalue weighted by atomic mass is 32.2. The van der Waals surface area contributed by atoms with Crippen molar-refractivity contribution in [2.45, 2.75) is 52.5 Å². The Balaban J connectivity index is 2.58. The fourth-order valence-electron chi connectivity index (χ4n) is 1.92. The molecule has 1 amide bonds. The summed E-state index contributed by atoms with van der Waals surface area (Å²) in [5, 5.41) is 2.87. The van der Waals surface area contributed by atoms with Crippen LogP contribution in [0.1, 0.15) is 45.2 Å². The number of hydrogen-bond acceptors (Lipinski definition) is 3. The highest BCUT2D eigenvalue weighted by Gasteiger charge is 2.13. The summed E-state index contributed by atoms with van der Waals surface area (Å²) in [5.74, 6) is 0.00633. The predicted molar refractivity (Wildman–Crippen MR) is 88.6 cm³/mol. The van der Waals surface area contributed by atoms with Crippen molar-refractivity contribution in [3.05, 3.63) is 35.4 Å². The Labute approximate surface area is 133 Å². The molecule has 2 N–H and O–H groups in total. The van der Waals surface area contributed by atoms with E-state index in [2.05, 4.69) is 10.0 Å². The summed E-state index contributed by atoms with van der Waals surface area (Å²) >= 11 is 0. The normalized spacial score (nSPS) is 13.1. The first-order valence-electron chi connectivity index (χ1n) is 7.59. The van der Waals surface area contributed by atoms with E-state index in [1.54, 1.807) is 26.0 Å². The molecule has 0 heterocycles. The zero-order valence-electron chi connectivity index (χ0n) is 13.7. The summed E-state index contributed by atoms with van der Waals surface area (Å²) in [6, 6.07) is 7.14. The number of sulfonamides is 1. The molecule has 1 atom stereocenters. The molecule has 0 spiro atoms. The van der Waals surface area contributed by atoms with Crippen molar-refractivity contribution in [1.82, 2.24) is 10.0 Å². The van der Waals surface area contributed by atoms with Crippen LogP contribution in [0.3, 0.4) is 0 Å². The van der Waals surface area contributed by atoms with Crippen LogP contribution < -0.4 is 10.0 Å². The van der Waals surface area contributed by atoms with Gasteiger partial charge in [0.2, 0.25) is 15.9 Å². The second kappa shape index (κ2) is 8.29. The fraction of sp³-hybridized carbons (Fsp3) is 0.562. The number of hydrogen-bond donors (Lipinski definition) is 2. The maximum absolute atomic E-state index is 11.9. The van der Waals surface area contributed by atoms with Crippen LogP contribution in [0.15, 0.2) is 24.3 Å². The lowest BCUT2D eigenvalue weighted by atomic mass is 10.1. The van der Waals surface area contributed by atoms with Gasteiger partial charge in [-0.15, -0.1) is 0 Å². The van der Waals surface area contributed by atoms with E-state index in [4.69, 9.17) is 0 Å². The molecular weight excluding hydrogens is 300 g/mol. The second-order valence-corrected chi connectivity index (χ2v) is 7.63. The molecular formula is C16H26N2O3S. The van der Waals surface area contributed by atoms with Crippen LogP contribution in [0, 0.1) is 5.92 Å². The lowest BCUT2D eigenvalue weighted by Gasteiger charge is -2.11. The topological polar surface area (TPSA) is 75.3 Å². The van der Waals surface area contributed by atoms with E-state index in [0.717, 1.165) is 17.5 Å². The lowest BCUT2D eigenvalue weighted by Crippen LogP contribution is -2.31. The molecule has 0 aromatic heterocycles. The first kappa shape index (κ1) is 18.6. The first-order valence-corrected chi connectivity index (χ1v) is 9.24. The van der Waals surface area contributed by atoms with Crippen LogP contribution in [-0.2, 0) is 27.1 Å². The van der Waals surface area contributed by atoms with Crippen molar-refractivity contribution in [2.75, 3.05) is 0 Å². The van der Waals surface area contributed by atoms with E-state index in [9.17, 15) is 13.2 Å². The van der Waals surface area contributed by atoms with Crippen LogP contribution in [0.4, 0.5) is 0 Å². The zero-order chi connectivity index (χ0) is 16.8. The van der Waals surface area contributed by atoms with Gasteiger partial charge in [0, 0.05) is 18.5 Å². The molecule has 22 heavy (non-hydrogen) atoms. The highest BCUT2D eigenvalue weighted by Crippen LogP contribution is 2.09. The van der Waals surface area contributed by atoms with Gasteiger partial charge < -0.3 is 5.32 Å². The summed E-state index contributed by atoms with van der Waals surface area (Å²) in [4.78, 5) is 11.7. The van der Waals surface area contributed by atoms with Crippen molar-refractivity contribution < 1.29 is 13.2 Å². The molecule has 1 rings (SSSR count). The number of nitrogens with one attached hydrogen (secondary N) is 2. The van der Waals surface area contributed by atoms with Gasteiger partial charge in [-0.2, -0.15) is 0 Å². The minimum absolute atomic E-state index is 0.00604. The minimum atomic E-state index is -3.31. The first-order chi connectivity index (χ1) is 10.2. The van der Waals surface area contributed by atoms with Crippen LogP contribution in [0.5, 0.6) is 0 Å². The SMILES string of the molecule is CCC(C)C(=O)NCc1ccc(CS(=O)(=O)NC(C)C)cc1. The molecule has 5 nitrogen and oxygen atoms in total. The molecule has 1 aromatic rings. The standard InChI is InChI=1S/C16H26N2O3S/c1-5-13(4)16(19)17-10-14-6-8-15(9-7-14)11-22(20,21)18-12(2)3/h6-9,12-13,18H,5,10-11H2,1-4H3,(H,17,19). The molecule has 0 radical (unpaired) electrons. The Hall–Kier alpha value is -1.40. The number of carbonyl (C=O) groups excluding carboxylic acids is 1. The van der Waals surface area contributed by atoms with E-state index in [0.29, 0.717) is 6.54 Å². The van der Waals surface area contributed by atoms with E-state index < -0.39 is 10.0 Å². The van der Waals surface area contributed by atoms with Crippen molar-refractivity contribution in [1.29, 1.82) is 0 Å². The summed E-state index contributed by atoms with van der Waals surface area (Å²) < 4.78 is 26.3. The van der Waals surface area contributed by atoms with E-state index in [-0.39, 0.29) is 23.6 Å². The van der Waals surface area contributed by atoms with Gasteiger partial charge >= 0.3 is 0 Å². The Morgan fingerprint density at radius 2 is 1.64 bits per heavy atom. The Bertz CT molecular complexity index is 580. The predicted octanol–water partition coefficient (Wildman–Crippen LogP) is 2.18. The number of rotatable bonds is 8. The zero-order valence-corrected chi connectivity index (χ0v) is 14.5. The summed E-state index contributed by atoms with van der Waals surface area (Å²) in [5.41, 5.74) is 1.68. The Kier molecular flexibility index (Phi) is 7.03. The van der Waals surface area contributed by atoms with Gasteiger partial charge in [0.1, 0.15) is 0 Å². The quantitative estimate of drug-likeness (QED) is 0.769. The fourth-order valence-corrected chi connectivity index (χ4v) is 3.36. The molecule has 0 fully saturated rings. The van der Waals surface area contributed by atoms with Crippen LogP contribution in [0.25, 0.3) is 0 Å². The molecule has 1 unspecified atom stereocenters. The van der Waals surface area contributed by atoms with Crippen molar-refractivity contribution >= 4 is 15.9 Å². The van der Waals surface area contributed by atoms with Gasteiger partial charge in [-0.05, 0) is 31.4 Å². The maximum atomic E-state index is 11.9. The monoisotopic (exact) mass is 326 g/mol. The minimum Gasteiger partial charge on any atom is -0.352 e.